The summed E-state index contributed by atoms with van der Waals surface area (Å²) in [5, 5.41) is 9.65. The topological polar surface area (TPSA) is 66.8 Å². The maximum absolute atomic E-state index is 12.4. The number of hydrogen-bond donors (Lipinski definition) is 1. The van der Waals surface area contributed by atoms with E-state index in [1.807, 2.05) is 13.8 Å². The van der Waals surface area contributed by atoms with E-state index in [0.717, 1.165) is 19.3 Å². The molecule has 0 bridgehead atoms. The van der Waals surface area contributed by atoms with Crippen LogP contribution in [-0.4, -0.2) is 39.3 Å². The van der Waals surface area contributed by atoms with Crippen LogP contribution in [0.5, 0.6) is 0 Å². The van der Waals surface area contributed by atoms with E-state index in [9.17, 15) is 14.7 Å². The van der Waals surface area contributed by atoms with Crippen molar-refractivity contribution in [3.05, 3.63) is 0 Å². The summed E-state index contributed by atoms with van der Waals surface area (Å²) in [6.45, 7) is 12.6. The van der Waals surface area contributed by atoms with E-state index >= 15 is 0 Å². The predicted molar refractivity (Wildman–Crippen MR) is 83.4 cm³/mol. The van der Waals surface area contributed by atoms with E-state index in [1.165, 1.54) is 4.90 Å². The minimum Gasteiger partial charge on any atom is -0.480 e. The third kappa shape index (κ3) is 5.94. The first-order valence-corrected chi connectivity index (χ1v) is 7.71. The summed E-state index contributed by atoms with van der Waals surface area (Å²) in [6.07, 6.45) is 2.57. The molecule has 0 rings (SSSR count). The fraction of sp³-hybridized carbons (Fsp3) is 0.875. The molecule has 0 fully saturated rings. The van der Waals surface area contributed by atoms with Crippen molar-refractivity contribution in [2.45, 2.75) is 91.3 Å². The molecule has 0 spiro atoms. The van der Waals surface area contributed by atoms with Crippen molar-refractivity contribution in [2.24, 2.45) is 0 Å². The quantitative estimate of drug-likeness (QED) is 0.720. The van der Waals surface area contributed by atoms with Gasteiger partial charge in [0, 0.05) is 6.04 Å². The van der Waals surface area contributed by atoms with Crippen LogP contribution in [0.25, 0.3) is 0 Å². The van der Waals surface area contributed by atoms with Crippen molar-refractivity contribution >= 4 is 12.1 Å². The number of aliphatic carboxylic acids is 1. The minimum absolute atomic E-state index is 0.248. The molecular formula is C16H31NO4. The van der Waals surface area contributed by atoms with Gasteiger partial charge < -0.3 is 9.84 Å². The maximum Gasteiger partial charge on any atom is 0.411 e. The Morgan fingerprint density at radius 2 is 1.67 bits per heavy atom. The normalized spacial score (nSPS) is 14.7. The molecule has 0 radical (unpaired) electrons. The smallest absolute Gasteiger partial charge is 0.411 e. The zero-order valence-electron chi connectivity index (χ0n) is 14.5. The highest BCUT2D eigenvalue weighted by molar-refractivity contribution is 5.84. The van der Waals surface area contributed by atoms with Crippen molar-refractivity contribution < 1.29 is 19.4 Å². The van der Waals surface area contributed by atoms with Crippen LogP contribution in [0.4, 0.5) is 4.79 Å². The molecule has 5 nitrogen and oxygen atoms in total. The van der Waals surface area contributed by atoms with E-state index in [1.54, 1.807) is 27.7 Å². The lowest BCUT2D eigenvalue weighted by atomic mass is 9.91. The van der Waals surface area contributed by atoms with Crippen LogP contribution in [0, 0.1) is 0 Å². The van der Waals surface area contributed by atoms with Crippen LogP contribution in [0.15, 0.2) is 0 Å². The highest BCUT2D eigenvalue weighted by Crippen LogP contribution is 2.28. The van der Waals surface area contributed by atoms with Gasteiger partial charge in [0.2, 0.25) is 0 Å². The van der Waals surface area contributed by atoms with Gasteiger partial charge in [0.15, 0.2) is 0 Å². The van der Waals surface area contributed by atoms with Gasteiger partial charge in [0.25, 0.3) is 0 Å². The van der Waals surface area contributed by atoms with Crippen LogP contribution in [0.3, 0.4) is 0 Å². The van der Waals surface area contributed by atoms with Gasteiger partial charge in [-0.25, -0.2) is 9.59 Å². The fourth-order valence-electron chi connectivity index (χ4n) is 2.34. The van der Waals surface area contributed by atoms with E-state index in [0.29, 0.717) is 6.42 Å². The number of carboxylic acid groups (broad SMARTS) is 1. The van der Waals surface area contributed by atoms with Crippen molar-refractivity contribution in [1.82, 2.24) is 4.90 Å². The first kappa shape index (κ1) is 19.7. The van der Waals surface area contributed by atoms with E-state index < -0.39 is 23.2 Å². The summed E-state index contributed by atoms with van der Waals surface area (Å²) in [6, 6.07) is -0.248. The average molecular weight is 301 g/mol. The maximum atomic E-state index is 12.4. The Kier molecular flexibility index (Phi) is 7.20. The highest BCUT2D eigenvalue weighted by Gasteiger charge is 2.44. The SMILES string of the molecule is CCCCCC(C)(C(=O)O)N(C(=O)OC(C)(C)C)C(C)C. The molecule has 0 aromatic rings. The van der Waals surface area contributed by atoms with Crippen molar-refractivity contribution in [3.63, 3.8) is 0 Å². The van der Waals surface area contributed by atoms with Crippen molar-refractivity contribution in [2.75, 3.05) is 0 Å². The number of unbranched alkanes of at least 4 members (excludes halogenated alkanes) is 2. The predicted octanol–water partition coefficient (Wildman–Crippen LogP) is 4.06. The molecule has 1 atom stereocenters. The van der Waals surface area contributed by atoms with Gasteiger partial charge in [-0.2, -0.15) is 0 Å². The second-order valence-electron chi connectivity index (χ2n) is 6.98. The lowest BCUT2D eigenvalue weighted by Gasteiger charge is -2.41. The molecule has 0 aromatic carbocycles. The molecule has 0 saturated heterocycles. The van der Waals surface area contributed by atoms with Gasteiger partial charge in [-0.1, -0.05) is 26.2 Å². The number of hydrogen-bond acceptors (Lipinski definition) is 3. The monoisotopic (exact) mass is 301 g/mol. The second kappa shape index (κ2) is 7.66. The highest BCUT2D eigenvalue weighted by atomic mass is 16.6. The summed E-state index contributed by atoms with van der Waals surface area (Å²) < 4.78 is 5.39. The minimum atomic E-state index is -1.24. The summed E-state index contributed by atoms with van der Waals surface area (Å²) in [5.41, 5.74) is -1.89. The molecule has 0 heterocycles. The number of nitrogens with zero attached hydrogens (tertiary/aromatic N) is 1. The molecule has 0 saturated carbocycles. The number of rotatable bonds is 7. The van der Waals surface area contributed by atoms with Crippen molar-refractivity contribution in [3.8, 4) is 0 Å². The van der Waals surface area contributed by atoms with Crippen LogP contribution < -0.4 is 0 Å². The van der Waals surface area contributed by atoms with Crippen LogP contribution >= 0.6 is 0 Å². The molecule has 0 aliphatic carbocycles. The Balaban J connectivity index is 5.34. The van der Waals surface area contributed by atoms with Gasteiger partial charge in [-0.15, -0.1) is 0 Å². The second-order valence-corrected chi connectivity index (χ2v) is 6.98. The third-order valence-electron chi connectivity index (χ3n) is 3.37. The molecule has 1 unspecified atom stereocenters. The Bertz CT molecular complexity index is 360. The largest absolute Gasteiger partial charge is 0.480 e. The van der Waals surface area contributed by atoms with Gasteiger partial charge >= 0.3 is 12.1 Å². The number of carbonyl (C=O) groups excluding carboxylic acids is 1. The first-order valence-electron chi connectivity index (χ1n) is 7.71. The molecular weight excluding hydrogens is 270 g/mol. The Hall–Kier alpha value is -1.26. The molecule has 1 N–H and O–H groups in total. The third-order valence-corrected chi connectivity index (χ3v) is 3.37. The summed E-state index contributed by atoms with van der Waals surface area (Å²) in [7, 11) is 0. The average Bonchev–Trinajstić information content (AvgIpc) is 2.25. The van der Waals surface area contributed by atoms with Crippen molar-refractivity contribution in [1.29, 1.82) is 0 Å². The number of amides is 1. The van der Waals surface area contributed by atoms with Gasteiger partial charge in [0.05, 0.1) is 0 Å². The molecule has 21 heavy (non-hydrogen) atoms. The van der Waals surface area contributed by atoms with E-state index in [4.69, 9.17) is 4.74 Å². The van der Waals surface area contributed by atoms with Gasteiger partial charge in [0.1, 0.15) is 11.1 Å². The van der Waals surface area contributed by atoms with Crippen LogP contribution in [0.2, 0.25) is 0 Å². The number of carboxylic acids is 1. The molecule has 0 aromatic heterocycles. The summed E-state index contributed by atoms with van der Waals surface area (Å²) >= 11 is 0. The van der Waals surface area contributed by atoms with Gasteiger partial charge in [-0.05, 0) is 48.0 Å². The Morgan fingerprint density at radius 1 is 1.14 bits per heavy atom. The molecule has 0 aliphatic rings. The zero-order valence-corrected chi connectivity index (χ0v) is 14.5. The van der Waals surface area contributed by atoms with Crippen LogP contribution in [-0.2, 0) is 9.53 Å². The first-order chi connectivity index (χ1) is 9.45. The number of ether oxygens (including phenoxy) is 1. The fourth-order valence-corrected chi connectivity index (χ4v) is 2.34. The number of carbonyl (C=O) groups is 2. The molecule has 0 aliphatic heterocycles. The zero-order chi connectivity index (χ0) is 16.8. The standard InChI is InChI=1S/C16H31NO4/c1-8-9-10-11-16(7,13(18)19)17(12(2)3)14(20)21-15(4,5)6/h12H,8-11H2,1-7H3,(H,18,19). The van der Waals surface area contributed by atoms with E-state index in [2.05, 4.69) is 6.92 Å². The lowest BCUT2D eigenvalue weighted by Crippen LogP contribution is -2.58. The van der Waals surface area contributed by atoms with Crippen LogP contribution in [0.1, 0.15) is 74.1 Å². The Labute approximate surface area is 128 Å². The molecule has 124 valence electrons. The van der Waals surface area contributed by atoms with E-state index in [-0.39, 0.29) is 6.04 Å². The summed E-state index contributed by atoms with van der Waals surface area (Å²) in [4.78, 5) is 25.6. The summed E-state index contributed by atoms with van der Waals surface area (Å²) in [5.74, 6) is -0.988. The lowest BCUT2D eigenvalue weighted by molar-refractivity contribution is -0.152. The molecule has 1 amide bonds. The Morgan fingerprint density at radius 3 is 2.00 bits per heavy atom. The van der Waals surface area contributed by atoms with Gasteiger partial charge in [-0.3, -0.25) is 4.90 Å². The molecule has 5 heteroatoms.